The van der Waals surface area contributed by atoms with Crippen LogP contribution in [0.25, 0.3) is 11.8 Å². The van der Waals surface area contributed by atoms with Gasteiger partial charge in [-0.15, -0.1) is 0 Å². The average Bonchev–Trinajstić information content (AvgIpc) is 3.31. The molecule has 1 aliphatic heterocycles. The third kappa shape index (κ3) is 4.73. The van der Waals surface area contributed by atoms with Crippen LogP contribution in [0.3, 0.4) is 0 Å². The molecule has 2 aliphatic rings. The van der Waals surface area contributed by atoms with Crippen LogP contribution >= 0.6 is 11.8 Å². The Morgan fingerprint density at radius 2 is 1.69 bits per heavy atom. The summed E-state index contributed by atoms with van der Waals surface area (Å²) in [7, 11) is 0. The molecule has 3 aromatic rings. The molecule has 5 rings (SSSR count). The Morgan fingerprint density at radius 3 is 2.42 bits per heavy atom. The number of carbonyl (C=O) groups excluding carboxylic acids is 1. The van der Waals surface area contributed by atoms with Gasteiger partial charge in [-0.05, 0) is 99.6 Å². The van der Waals surface area contributed by atoms with Gasteiger partial charge in [-0.25, -0.2) is 0 Å². The molecule has 1 saturated heterocycles. The Morgan fingerprint density at radius 1 is 0.944 bits per heavy atom. The summed E-state index contributed by atoms with van der Waals surface area (Å²) in [5, 5.41) is 3.65. The van der Waals surface area contributed by atoms with Crippen molar-refractivity contribution in [1.82, 2.24) is 9.47 Å². The highest BCUT2D eigenvalue weighted by atomic mass is 32.2. The van der Waals surface area contributed by atoms with Gasteiger partial charge in [0, 0.05) is 28.8 Å². The van der Waals surface area contributed by atoms with E-state index in [4.69, 9.17) is 0 Å². The molecule has 1 amide bonds. The van der Waals surface area contributed by atoms with Gasteiger partial charge < -0.3 is 14.8 Å². The number of para-hydroxylation sites is 1. The van der Waals surface area contributed by atoms with Crippen molar-refractivity contribution in [2.75, 3.05) is 5.32 Å². The normalized spacial score (nSPS) is 23.5. The van der Waals surface area contributed by atoms with E-state index >= 15 is 0 Å². The number of carbonyl (C=O) groups is 1. The maximum absolute atomic E-state index is 13.9. The van der Waals surface area contributed by atoms with Gasteiger partial charge in [0.05, 0.1) is 4.91 Å². The van der Waals surface area contributed by atoms with Crippen LogP contribution in [0.2, 0.25) is 0 Å². The number of aromatic nitrogens is 1. The molecule has 1 aliphatic carbocycles. The summed E-state index contributed by atoms with van der Waals surface area (Å²) in [6.07, 6.45) is 6.83. The minimum atomic E-state index is -0.0973. The molecule has 1 unspecified atom stereocenters. The van der Waals surface area contributed by atoms with E-state index in [0.29, 0.717) is 5.92 Å². The summed E-state index contributed by atoms with van der Waals surface area (Å²) in [4.78, 5) is 16.9. The lowest BCUT2D eigenvalue weighted by molar-refractivity contribution is -0.129. The zero-order chi connectivity index (χ0) is 25.4. The van der Waals surface area contributed by atoms with E-state index in [1.54, 1.807) is 11.8 Å². The van der Waals surface area contributed by atoms with Gasteiger partial charge >= 0.3 is 0 Å². The second kappa shape index (κ2) is 10.2. The number of amides is 1. The predicted molar refractivity (Wildman–Crippen MR) is 152 cm³/mol. The van der Waals surface area contributed by atoms with Crippen molar-refractivity contribution >= 4 is 29.4 Å². The Bertz CT molecular complexity index is 1290. The molecule has 3 atom stereocenters. The summed E-state index contributed by atoms with van der Waals surface area (Å²) in [6, 6.07) is 19.3. The quantitative estimate of drug-likeness (QED) is 0.367. The van der Waals surface area contributed by atoms with Crippen molar-refractivity contribution in [2.24, 2.45) is 5.92 Å². The van der Waals surface area contributed by atoms with E-state index in [1.165, 1.54) is 41.8 Å². The third-order valence-electron chi connectivity index (χ3n) is 7.93. The summed E-state index contributed by atoms with van der Waals surface area (Å²) >= 11 is 1.65. The molecule has 188 valence electrons. The number of anilines is 1. The van der Waals surface area contributed by atoms with Crippen LogP contribution < -0.4 is 5.32 Å². The number of benzene rings is 2. The lowest BCUT2D eigenvalue weighted by Gasteiger charge is -2.39. The average molecular weight is 500 g/mol. The first-order valence-electron chi connectivity index (χ1n) is 13.1. The van der Waals surface area contributed by atoms with Crippen LogP contribution in [0.4, 0.5) is 5.69 Å². The van der Waals surface area contributed by atoms with Gasteiger partial charge in [0.2, 0.25) is 0 Å². The molecule has 36 heavy (non-hydrogen) atoms. The van der Waals surface area contributed by atoms with Gasteiger partial charge in [0.25, 0.3) is 5.91 Å². The van der Waals surface area contributed by atoms with Crippen LogP contribution in [0, 0.1) is 33.6 Å². The number of hydrogen-bond acceptors (Lipinski definition) is 3. The second-order valence-corrected chi connectivity index (χ2v) is 11.6. The molecule has 4 nitrogen and oxygen atoms in total. The molecule has 0 bridgehead atoms. The predicted octanol–water partition coefficient (Wildman–Crippen LogP) is 7.60. The lowest BCUT2D eigenvalue weighted by atomic mass is 9.85. The fraction of sp³-hybridized carbons (Fsp3) is 0.387. The highest BCUT2D eigenvalue weighted by Crippen LogP contribution is 2.42. The van der Waals surface area contributed by atoms with Gasteiger partial charge in [0.1, 0.15) is 0 Å². The maximum atomic E-state index is 13.9. The minimum absolute atomic E-state index is 0.0973. The van der Waals surface area contributed by atoms with E-state index in [2.05, 4.69) is 91.9 Å². The Hall–Kier alpha value is -2.92. The van der Waals surface area contributed by atoms with Crippen molar-refractivity contribution in [3.8, 4) is 5.69 Å². The van der Waals surface area contributed by atoms with Crippen molar-refractivity contribution in [1.29, 1.82) is 0 Å². The molecule has 2 heterocycles. The number of nitrogens with one attached hydrogen (secondary N) is 1. The first-order chi connectivity index (χ1) is 17.3. The second-order valence-electron chi connectivity index (χ2n) is 10.5. The van der Waals surface area contributed by atoms with E-state index in [0.717, 1.165) is 28.3 Å². The maximum Gasteiger partial charge on any atom is 0.262 e. The number of nitrogens with zero attached hydrogens (tertiary/aromatic N) is 2. The summed E-state index contributed by atoms with van der Waals surface area (Å²) in [6.45, 7) is 10.9. The van der Waals surface area contributed by atoms with Crippen LogP contribution in [0.1, 0.15) is 60.7 Å². The van der Waals surface area contributed by atoms with Crippen molar-refractivity contribution in [3.63, 3.8) is 0 Å². The van der Waals surface area contributed by atoms with Crippen molar-refractivity contribution < 1.29 is 4.79 Å². The Balaban J connectivity index is 1.49. The Labute approximate surface area is 219 Å². The highest BCUT2D eigenvalue weighted by Gasteiger charge is 2.43. The minimum Gasteiger partial charge on any atom is -0.356 e. The van der Waals surface area contributed by atoms with E-state index in [1.807, 2.05) is 18.2 Å². The first kappa shape index (κ1) is 24.8. The zero-order valence-electron chi connectivity index (χ0n) is 22.0. The van der Waals surface area contributed by atoms with E-state index < -0.39 is 0 Å². The van der Waals surface area contributed by atoms with Gasteiger partial charge in [-0.3, -0.25) is 4.79 Å². The number of hydrogen-bond donors (Lipinski definition) is 1. The largest absolute Gasteiger partial charge is 0.356 e. The monoisotopic (exact) mass is 499 g/mol. The smallest absolute Gasteiger partial charge is 0.262 e. The molecule has 2 aromatic carbocycles. The van der Waals surface area contributed by atoms with Gasteiger partial charge in [0.15, 0.2) is 5.50 Å². The summed E-state index contributed by atoms with van der Waals surface area (Å²) in [5.41, 5.74) is 8.15. The van der Waals surface area contributed by atoms with Crippen LogP contribution in [0.15, 0.2) is 59.5 Å². The van der Waals surface area contributed by atoms with Gasteiger partial charge in [-0.2, -0.15) is 0 Å². The molecule has 1 saturated carbocycles. The van der Waals surface area contributed by atoms with Crippen LogP contribution in [-0.2, 0) is 4.79 Å². The SMILES string of the molecule is Cc1ccc(-n2c(C)cc(/C=C3\SC(Nc4ccccc4)N([C@H]4CCCC[C@@H]4C)C3=O)c2C)cc1C. The fourth-order valence-corrected chi connectivity index (χ4v) is 6.91. The van der Waals surface area contributed by atoms with Crippen LogP contribution in [0.5, 0.6) is 0 Å². The fourth-order valence-electron chi connectivity index (χ4n) is 5.70. The van der Waals surface area contributed by atoms with Crippen LogP contribution in [-0.4, -0.2) is 26.9 Å². The molecule has 2 fully saturated rings. The third-order valence-corrected chi connectivity index (χ3v) is 9.04. The van der Waals surface area contributed by atoms with Crippen molar-refractivity contribution in [3.05, 3.63) is 87.6 Å². The van der Waals surface area contributed by atoms with E-state index in [9.17, 15) is 4.79 Å². The zero-order valence-corrected chi connectivity index (χ0v) is 22.9. The first-order valence-corrected chi connectivity index (χ1v) is 14.0. The molecule has 5 heteroatoms. The molecular formula is C31H37N3OS. The standard InChI is InChI=1S/C31H37N3OS/c1-20-15-16-27(17-22(20)3)33-23(4)18-25(24(33)5)19-29-30(35)34(28-14-10-9-11-21(28)2)31(36-29)32-26-12-7-6-8-13-26/h6-8,12-13,15-19,21,28,31-32H,9-11,14H2,1-5H3/b29-19-/t21-,28-,31?/m0/s1. The molecule has 1 N–H and O–H groups in total. The summed E-state index contributed by atoms with van der Waals surface area (Å²) < 4.78 is 2.30. The molecule has 0 radical (unpaired) electrons. The molecule has 1 aromatic heterocycles. The Kier molecular flexibility index (Phi) is 7.03. The van der Waals surface area contributed by atoms with E-state index in [-0.39, 0.29) is 17.4 Å². The number of thioether (sulfide) groups is 1. The topological polar surface area (TPSA) is 37.3 Å². The lowest BCUT2D eigenvalue weighted by Crippen LogP contribution is -2.48. The summed E-state index contributed by atoms with van der Waals surface area (Å²) in [5.74, 6) is 0.667. The van der Waals surface area contributed by atoms with Crippen molar-refractivity contribution in [2.45, 2.75) is 71.8 Å². The number of rotatable bonds is 5. The van der Waals surface area contributed by atoms with Gasteiger partial charge in [-0.1, -0.05) is 55.8 Å². The molecular weight excluding hydrogens is 462 g/mol. The number of aryl methyl sites for hydroxylation is 3. The molecule has 0 spiro atoms. The highest BCUT2D eigenvalue weighted by molar-refractivity contribution is 8.05.